The molecule has 2 heteroatoms. The molecule has 1 fully saturated rings. The van der Waals surface area contributed by atoms with Crippen molar-refractivity contribution >= 4 is 0 Å². The number of benzene rings is 1. The van der Waals surface area contributed by atoms with E-state index < -0.39 is 0 Å². The highest BCUT2D eigenvalue weighted by molar-refractivity contribution is 5.37. The number of hydrogen-bond donors (Lipinski definition) is 1. The van der Waals surface area contributed by atoms with Gasteiger partial charge in [0.1, 0.15) is 0 Å². The van der Waals surface area contributed by atoms with Crippen LogP contribution in [0.4, 0.5) is 0 Å². The monoisotopic (exact) mass is 286 g/mol. The fourth-order valence-corrected chi connectivity index (χ4v) is 4.45. The van der Waals surface area contributed by atoms with Gasteiger partial charge in [-0.2, -0.15) is 0 Å². The first kappa shape index (κ1) is 15.1. The van der Waals surface area contributed by atoms with Crippen LogP contribution in [0.3, 0.4) is 0 Å². The lowest BCUT2D eigenvalue weighted by atomic mass is 9.94. The Kier molecular flexibility index (Phi) is 4.97. The van der Waals surface area contributed by atoms with Gasteiger partial charge in [-0.25, -0.2) is 0 Å². The predicted octanol–water partition coefficient (Wildman–Crippen LogP) is 3.92. The molecule has 0 amide bonds. The van der Waals surface area contributed by atoms with Crippen LogP contribution in [0.5, 0.6) is 0 Å². The molecule has 21 heavy (non-hydrogen) atoms. The van der Waals surface area contributed by atoms with E-state index in [9.17, 15) is 0 Å². The second-order valence-electron chi connectivity index (χ2n) is 6.68. The SMILES string of the molecule is CCCC1CCCCN1C1Cc2ccccc2C1NCC. The topological polar surface area (TPSA) is 15.3 Å². The number of piperidine rings is 1. The lowest BCUT2D eigenvalue weighted by molar-refractivity contribution is 0.0730. The summed E-state index contributed by atoms with van der Waals surface area (Å²) in [7, 11) is 0. The number of rotatable bonds is 5. The van der Waals surface area contributed by atoms with Crippen LogP contribution in [-0.4, -0.2) is 30.1 Å². The minimum Gasteiger partial charge on any atom is -0.309 e. The van der Waals surface area contributed by atoms with Crippen LogP contribution < -0.4 is 5.32 Å². The molecule has 1 saturated heterocycles. The second kappa shape index (κ2) is 6.93. The van der Waals surface area contributed by atoms with E-state index in [1.54, 1.807) is 11.1 Å². The highest BCUT2D eigenvalue weighted by Crippen LogP contribution is 2.37. The van der Waals surface area contributed by atoms with Crippen molar-refractivity contribution in [2.24, 2.45) is 0 Å². The van der Waals surface area contributed by atoms with E-state index in [2.05, 4.69) is 48.3 Å². The van der Waals surface area contributed by atoms with Crippen LogP contribution in [0.15, 0.2) is 24.3 Å². The summed E-state index contributed by atoms with van der Waals surface area (Å²) >= 11 is 0. The zero-order valence-electron chi connectivity index (χ0n) is 13.6. The highest BCUT2D eigenvalue weighted by atomic mass is 15.2. The lowest BCUT2D eigenvalue weighted by Gasteiger charge is -2.42. The average Bonchev–Trinajstić information content (AvgIpc) is 2.88. The predicted molar refractivity (Wildman–Crippen MR) is 89.6 cm³/mol. The van der Waals surface area contributed by atoms with Crippen molar-refractivity contribution in [1.82, 2.24) is 10.2 Å². The molecule has 1 aliphatic heterocycles. The average molecular weight is 286 g/mol. The molecule has 2 aliphatic rings. The van der Waals surface area contributed by atoms with Gasteiger partial charge in [0.05, 0.1) is 0 Å². The van der Waals surface area contributed by atoms with E-state index in [0.717, 1.165) is 12.6 Å². The molecule has 0 spiro atoms. The molecule has 1 N–H and O–H groups in total. The molecule has 1 heterocycles. The smallest absolute Gasteiger partial charge is 0.0484 e. The summed E-state index contributed by atoms with van der Waals surface area (Å²) in [4.78, 5) is 2.85. The van der Waals surface area contributed by atoms with Crippen molar-refractivity contribution in [2.45, 2.75) is 70.5 Å². The molecule has 1 aromatic rings. The fraction of sp³-hybridized carbons (Fsp3) is 0.684. The largest absolute Gasteiger partial charge is 0.309 e. The van der Waals surface area contributed by atoms with E-state index >= 15 is 0 Å². The van der Waals surface area contributed by atoms with Crippen LogP contribution in [0.25, 0.3) is 0 Å². The van der Waals surface area contributed by atoms with E-state index in [1.165, 1.54) is 45.1 Å². The number of nitrogens with one attached hydrogen (secondary N) is 1. The molecule has 0 aromatic heterocycles. The zero-order valence-corrected chi connectivity index (χ0v) is 13.6. The first-order valence-electron chi connectivity index (χ1n) is 8.92. The first-order valence-corrected chi connectivity index (χ1v) is 8.92. The molecular weight excluding hydrogens is 256 g/mol. The Bertz CT molecular complexity index is 455. The molecule has 2 nitrogen and oxygen atoms in total. The van der Waals surface area contributed by atoms with Gasteiger partial charge < -0.3 is 5.32 Å². The van der Waals surface area contributed by atoms with Crippen LogP contribution in [-0.2, 0) is 6.42 Å². The van der Waals surface area contributed by atoms with Gasteiger partial charge in [0.2, 0.25) is 0 Å². The van der Waals surface area contributed by atoms with Gasteiger partial charge >= 0.3 is 0 Å². The van der Waals surface area contributed by atoms with Gasteiger partial charge in [-0.05, 0) is 49.9 Å². The molecule has 0 saturated carbocycles. The molecule has 0 bridgehead atoms. The Morgan fingerprint density at radius 2 is 2.05 bits per heavy atom. The summed E-state index contributed by atoms with van der Waals surface area (Å²) in [6.45, 7) is 6.92. The molecular formula is C19H30N2. The maximum atomic E-state index is 3.77. The Labute approximate surface area is 129 Å². The van der Waals surface area contributed by atoms with Crippen LogP contribution >= 0.6 is 0 Å². The number of hydrogen-bond acceptors (Lipinski definition) is 2. The van der Waals surface area contributed by atoms with Crippen LogP contribution in [0.1, 0.15) is 63.1 Å². The highest BCUT2D eigenvalue weighted by Gasteiger charge is 2.38. The van der Waals surface area contributed by atoms with Crippen molar-refractivity contribution in [3.63, 3.8) is 0 Å². The number of nitrogens with zero attached hydrogens (tertiary/aromatic N) is 1. The zero-order chi connectivity index (χ0) is 14.7. The third kappa shape index (κ3) is 3.02. The third-order valence-corrected chi connectivity index (χ3v) is 5.35. The second-order valence-corrected chi connectivity index (χ2v) is 6.68. The normalized spacial score (nSPS) is 29.5. The van der Waals surface area contributed by atoms with Gasteiger partial charge in [-0.1, -0.05) is 51.0 Å². The quantitative estimate of drug-likeness (QED) is 0.882. The van der Waals surface area contributed by atoms with Gasteiger partial charge in [-0.15, -0.1) is 0 Å². The van der Waals surface area contributed by atoms with Gasteiger partial charge in [0, 0.05) is 18.1 Å². The summed E-state index contributed by atoms with van der Waals surface area (Å²) in [5, 5.41) is 3.77. The van der Waals surface area contributed by atoms with Crippen molar-refractivity contribution in [1.29, 1.82) is 0 Å². The molecule has 3 unspecified atom stereocenters. The minimum atomic E-state index is 0.531. The number of likely N-dealkylation sites (tertiary alicyclic amines) is 1. The van der Waals surface area contributed by atoms with E-state index in [1.807, 2.05) is 0 Å². The Hall–Kier alpha value is -0.860. The molecule has 1 aliphatic carbocycles. The van der Waals surface area contributed by atoms with E-state index in [0.29, 0.717) is 12.1 Å². The van der Waals surface area contributed by atoms with E-state index in [-0.39, 0.29) is 0 Å². The van der Waals surface area contributed by atoms with Gasteiger partial charge in [-0.3, -0.25) is 4.90 Å². The van der Waals surface area contributed by atoms with Crippen LogP contribution in [0, 0.1) is 0 Å². The molecule has 0 radical (unpaired) electrons. The Morgan fingerprint density at radius 1 is 1.19 bits per heavy atom. The van der Waals surface area contributed by atoms with Crippen LogP contribution in [0.2, 0.25) is 0 Å². The number of likely N-dealkylation sites (N-methyl/N-ethyl adjacent to an activating group) is 1. The summed E-state index contributed by atoms with van der Waals surface area (Å²) in [5.41, 5.74) is 3.11. The minimum absolute atomic E-state index is 0.531. The van der Waals surface area contributed by atoms with Crippen molar-refractivity contribution < 1.29 is 0 Å². The summed E-state index contributed by atoms with van der Waals surface area (Å²) < 4.78 is 0. The first-order chi connectivity index (χ1) is 10.3. The Balaban J connectivity index is 1.83. The molecule has 3 atom stereocenters. The van der Waals surface area contributed by atoms with Crippen molar-refractivity contribution in [2.75, 3.05) is 13.1 Å². The summed E-state index contributed by atoms with van der Waals surface area (Å²) in [6.07, 6.45) is 8.12. The molecule has 3 rings (SSSR count). The summed E-state index contributed by atoms with van der Waals surface area (Å²) in [5.74, 6) is 0. The van der Waals surface area contributed by atoms with Crippen molar-refractivity contribution in [3.8, 4) is 0 Å². The standard InChI is InChI=1S/C19H30N2/c1-3-9-16-11-7-8-13-21(16)18-14-15-10-5-6-12-17(15)19(18)20-4-2/h5-6,10,12,16,18-20H,3-4,7-9,11,13-14H2,1-2H3. The molecule has 116 valence electrons. The van der Waals surface area contributed by atoms with Crippen molar-refractivity contribution in [3.05, 3.63) is 35.4 Å². The van der Waals surface area contributed by atoms with Gasteiger partial charge in [0.15, 0.2) is 0 Å². The van der Waals surface area contributed by atoms with Gasteiger partial charge in [0.25, 0.3) is 0 Å². The fourth-order valence-electron chi connectivity index (χ4n) is 4.45. The van der Waals surface area contributed by atoms with E-state index in [4.69, 9.17) is 0 Å². The maximum Gasteiger partial charge on any atom is 0.0484 e. The lowest BCUT2D eigenvalue weighted by Crippen LogP contribution is -2.50. The number of fused-ring (bicyclic) bond motifs is 1. The third-order valence-electron chi connectivity index (χ3n) is 5.35. The summed E-state index contributed by atoms with van der Waals surface area (Å²) in [6, 6.07) is 11.1. The molecule has 1 aromatic carbocycles. The Morgan fingerprint density at radius 3 is 2.86 bits per heavy atom. The maximum absolute atomic E-state index is 3.77.